The first-order chi connectivity index (χ1) is 8.93. The van der Waals surface area contributed by atoms with E-state index in [0.717, 1.165) is 6.07 Å². The van der Waals surface area contributed by atoms with Crippen molar-refractivity contribution >= 4 is 17.6 Å². The topological polar surface area (TPSA) is 75.6 Å². The fraction of sp³-hybridized carbons (Fsp3) is 0.385. The van der Waals surface area contributed by atoms with Gasteiger partial charge < -0.3 is 15.2 Å². The van der Waals surface area contributed by atoms with Crippen molar-refractivity contribution in [1.29, 1.82) is 0 Å². The Labute approximate surface area is 110 Å². The zero-order chi connectivity index (χ0) is 14.4. The molecular formula is C13H16FNO4. The van der Waals surface area contributed by atoms with Gasteiger partial charge >= 0.3 is 5.97 Å². The number of ether oxygens (including phenoxy) is 1. The number of amides is 1. The van der Waals surface area contributed by atoms with Crippen LogP contribution in [0.3, 0.4) is 0 Å². The molecule has 0 aliphatic carbocycles. The number of halogens is 1. The van der Waals surface area contributed by atoms with Crippen LogP contribution < -0.4 is 5.32 Å². The van der Waals surface area contributed by atoms with E-state index in [0.29, 0.717) is 5.69 Å². The number of anilines is 1. The Morgan fingerprint density at radius 2 is 2.16 bits per heavy atom. The Morgan fingerprint density at radius 1 is 1.47 bits per heavy atom. The second-order valence-electron chi connectivity index (χ2n) is 4.22. The number of carbonyl (C=O) groups is 2. The summed E-state index contributed by atoms with van der Waals surface area (Å²) in [5.41, 5.74) is 0.370. The molecule has 0 aromatic heterocycles. The van der Waals surface area contributed by atoms with Gasteiger partial charge in [-0.25, -0.2) is 4.39 Å². The Hall–Kier alpha value is -1.95. The van der Waals surface area contributed by atoms with Crippen molar-refractivity contribution in [2.75, 3.05) is 19.0 Å². The summed E-state index contributed by atoms with van der Waals surface area (Å²) >= 11 is 0. The van der Waals surface area contributed by atoms with Gasteiger partial charge in [0.15, 0.2) is 0 Å². The Balaban J connectivity index is 2.73. The summed E-state index contributed by atoms with van der Waals surface area (Å²) in [6, 6.07) is 3.93. The van der Waals surface area contributed by atoms with Crippen molar-refractivity contribution in [3.63, 3.8) is 0 Å². The average Bonchev–Trinajstić information content (AvgIpc) is 2.32. The number of rotatable bonds is 6. The zero-order valence-electron chi connectivity index (χ0n) is 10.8. The quantitative estimate of drug-likeness (QED) is 0.823. The number of carboxylic acids is 1. The van der Waals surface area contributed by atoms with Gasteiger partial charge in [0.2, 0.25) is 5.91 Å². The number of benzene rings is 1. The molecule has 1 rings (SSSR count). The first-order valence-corrected chi connectivity index (χ1v) is 5.74. The average molecular weight is 269 g/mol. The van der Waals surface area contributed by atoms with Gasteiger partial charge in [0.25, 0.3) is 0 Å². The minimum Gasteiger partial charge on any atom is -0.481 e. The van der Waals surface area contributed by atoms with Crippen LogP contribution in [0.5, 0.6) is 0 Å². The molecule has 1 aromatic carbocycles. The molecule has 104 valence electrons. The summed E-state index contributed by atoms with van der Waals surface area (Å²) in [4.78, 5) is 22.2. The number of hydrogen-bond donors (Lipinski definition) is 2. The molecule has 1 aromatic rings. The third kappa shape index (κ3) is 4.67. The molecule has 0 bridgehead atoms. The van der Waals surface area contributed by atoms with Gasteiger partial charge in [-0.05, 0) is 17.7 Å². The summed E-state index contributed by atoms with van der Waals surface area (Å²) < 4.78 is 18.4. The van der Waals surface area contributed by atoms with Crippen molar-refractivity contribution in [3.8, 4) is 0 Å². The van der Waals surface area contributed by atoms with Crippen LogP contribution in [0.15, 0.2) is 18.2 Å². The number of nitrogens with one attached hydrogen (secondary N) is 1. The summed E-state index contributed by atoms with van der Waals surface area (Å²) in [6.45, 7) is 1.96. The Kier molecular flexibility index (Phi) is 5.44. The molecule has 1 atom stereocenters. The number of methoxy groups -OCH3 is 1. The minimum atomic E-state index is -1.11. The fourth-order valence-electron chi connectivity index (χ4n) is 1.52. The second kappa shape index (κ2) is 6.84. The maximum Gasteiger partial charge on any atom is 0.307 e. The monoisotopic (exact) mass is 269 g/mol. The Morgan fingerprint density at radius 3 is 2.68 bits per heavy atom. The molecule has 0 radical (unpaired) electrons. The van der Waals surface area contributed by atoms with Gasteiger partial charge in [0.05, 0.1) is 18.9 Å². The van der Waals surface area contributed by atoms with Crippen LogP contribution in [0.1, 0.15) is 12.5 Å². The third-order valence-corrected chi connectivity index (χ3v) is 2.53. The summed E-state index contributed by atoms with van der Waals surface area (Å²) in [5.74, 6) is -2.40. The summed E-state index contributed by atoms with van der Waals surface area (Å²) in [5, 5.41) is 11.1. The lowest BCUT2D eigenvalue weighted by Crippen LogP contribution is -2.23. The van der Waals surface area contributed by atoms with E-state index in [1.165, 1.54) is 19.2 Å². The lowest BCUT2D eigenvalue weighted by molar-refractivity contribution is -0.136. The zero-order valence-corrected chi connectivity index (χ0v) is 10.8. The van der Waals surface area contributed by atoms with Crippen LogP contribution in [-0.2, 0) is 20.7 Å². The summed E-state index contributed by atoms with van der Waals surface area (Å²) in [7, 11) is 1.49. The van der Waals surface area contributed by atoms with Gasteiger partial charge in [-0.15, -0.1) is 0 Å². The molecule has 0 saturated carbocycles. The molecule has 0 spiro atoms. The second-order valence-corrected chi connectivity index (χ2v) is 4.22. The predicted molar refractivity (Wildman–Crippen MR) is 67.4 cm³/mol. The lowest BCUT2D eigenvalue weighted by Gasteiger charge is -2.11. The van der Waals surface area contributed by atoms with E-state index < -0.39 is 11.8 Å². The molecular weight excluding hydrogens is 253 g/mol. The SMILES string of the molecule is COCC(C)C(=O)Nc1ccc(CC(=O)O)c(F)c1. The molecule has 2 N–H and O–H groups in total. The van der Waals surface area contributed by atoms with Crippen LogP contribution >= 0.6 is 0 Å². The maximum absolute atomic E-state index is 13.6. The number of hydrogen-bond acceptors (Lipinski definition) is 3. The molecule has 1 unspecified atom stereocenters. The molecule has 0 aliphatic heterocycles. The molecule has 0 fully saturated rings. The Bertz CT molecular complexity index is 476. The highest BCUT2D eigenvalue weighted by Gasteiger charge is 2.14. The molecule has 5 nitrogen and oxygen atoms in total. The standard InChI is InChI=1S/C13H16FNO4/c1-8(7-19-2)13(18)15-10-4-3-9(5-12(16)17)11(14)6-10/h3-4,6,8H,5,7H2,1-2H3,(H,15,18)(H,16,17). The molecule has 0 saturated heterocycles. The number of carbonyl (C=O) groups excluding carboxylic acids is 1. The van der Waals surface area contributed by atoms with Crippen LogP contribution in [0.2, 0.25) is 0 Å². The van der Waals surface area contributed by atoms with E-state index in [2.05, 4.69) is 5.32 Å². The smallest absolute Gasteiger partial charge is 0.307 e. The largest absolute Gasteiger partial charge is 0.481 e. The van der Waals surface area contributed by atoms with Gasteiger partial charge in [0.1, 0.15) is 5.82 Å². The molecule has 19 heavy (non-hydrogen) atoms. The molecule has 6 heteroatoms. The van der Waals surface area contributed by atoms with Crippen molar-refractivity contribution in [2.45, 2.75) is 13.3 Å². The highest BCUT2D eigenvalue weighted by molar-refractivity contribution is 5.92. The highest BCUT2D eigenvalue weighted by atomic mass is 19.1. The number of aliphatic carboxylic acids is 1. The lowest BCUT2D eigenvalue weighted by atomic mass is 10.1. The van der Waals surface area contributed by atoms with Crippen LogP contribution in [0.4, 0.5) is 10.1 Å². The van der Waals surface area contributed by atoms with Crippen molar-refractivity contribution in [3.05, 3.63) is 29.6 Å². The van der Waals surface area contributed by atoms with Crippen LogP contribution in [0, 0.1) is 11.7 Å². The fourth-order valence-corrected chi connectivity index (χ4v) is 1.52. The molecule has 0 aliphatic rings. The first kappa shape index (κ1) is 15.1. The van der Waals surface area contributed by atoms with E-state index in [-0.39, 0.29) is 30.4 Å². The van der Waals surface area contributed by atoms with Crippen LogP contribution in [0.25, 0.3) is 0 Å². The van der Waals surface area contributed by atoms with Gasteiger partial charge in [-0.3, -0.25) is 9.59 Å². The van der Waals surface area contributed by atoms with Crippen LogP contribution in [-0.4, -0.2) is 30.7 Å². The van der Waals surface area contributed by atoms with Gasteiger partial charge in [-0.2, -0.15) is 0 Å². The maximum atomic E-state index is 13.6. The van der Waals surface area contributed by atoms with Crippen molar-refractivity contribution in [2.24, 2.45) is 5.92 Å². The van der Waals surface area contributed by atoms with E-state index in [1.54, 1.807) is 6.92 Å². The molecule has 0 heterocycles. The van der Waals surface area contributed by atoms with E-state index in [4.69, 9.17) is 9.84 Å². The van der Waals surface area contributed by atoms with E-state index in [9.17, 15) is 14.0 Å². The normalized spacial score (nSPS) is 11.9. The van der Waals surface area contributed by atoms with Gasteiger partial charge in [-0.1, -0.05) is 13.0 Å². The minimum absolute atomic E-state index is 0.0791. The van der Waals surface area contributed by atoms with E-state index in [1.807, 2.05) is 0 Å². The van der Waals surface area contributed by atoms with Crippen molar-refractivity contribution in [1.82, 2.24) is 0 Å². The van der Waals surface area contributed by atoms with Gasteiger partial charge in [0, 0.05) is 12.8 Å². The summed E-state index contributed by atoms with van der Waals surface area (Å²) in [6.07, 6.45) is -0.389. The predicted octanol–water partition coefficient (Wildman–Crippen LogP) is 1.67. The molecule has 1 amide bonds. The third-order valence-electron chi connectivity index (χ3n) is 2.53. The number of carboxylic acid groups (broad SMARTS) is 1. The van der Waals surface area contributed by atoms with E-state index >= 15 is 0 Å². The first-order valence-electron chi connectivity index (χ1n) is 5.74. The van der Waals surface area contributed by atoms with Crippen molar-refractivity contribution < 1.29 is 23.8 Å². The highest BCUT2D eigenvalue weighted by Crippen LogP contribution is 2.16.